The number of hydrogen-bond donors (Lipinski definition) is 1. The van der Waals surface area contributed by atoms with Crippen molar-refractivity contribution in [2.45, 2.75) is 25.4 Å². The molecule has 128 valence electrons. The van der Waals surface area contributed by atoms with Gasteiger partial charge in [0, 0.05) is 38.4 Å². The average Bonchev–Trinajstić information content (AvgIpc) is 3.02. The summed E-state index contributed by atoms with van der Waals surface area (Å²) < 4.78 is 15.5. The lowest BCUT2D eigenvalue weighted by Crippen LogP contribution is -2.42. The maximum atomic E-state index is 13.7. The maximum Gasteiger partial charge on any atom is 0.227 e. The minimum atomic E-state index is -0.700. The van der Waals surface area contributed by atoms with Crippen molar-refractivity contribution in [1.29, 1.82) is 0 Å². The molecule has 1 aromatic heterocycles. The first-order valence-electron chi connectivity index (χ1n) is 8.22. The second kappa shape index (κ2) is 7.13. The van der Waals surface area contributed by atoms with Gasteiger partial charge in [-0.3, -0.25) is 4.79 Å². The Morgan fingerprint density at radius 1 is 1.46 bits per heavy atom. The number of carbonyl (C=O) groups excluding carboxylic acids is 1. The van der Waals surface area contributed by atoms with Crippen LogP contribution in [0, 0.1) is 11.7 Å². The summed E-state index contributed by atoms with van der Waals surface area (Å²) in [6.45, 7) is 1.12. The number of piperidine rings is 1. The van der Waals surface area contributed by atoms with Gasteiger partial charge in [0.15, 0.2) is 0 Å². The molecule has 1 aliphatic heterocycles. The van der Waals surface area contributed by atoms with Gasteiger partial charge in [0.25, 0.3) is 0 Å². The van der Waals surface area contributed by atoms with Gasteiger partial charge < -0.3 is 14.6 Å². The van der Waals surface area contributed by atoms with Crippen molar-refractivity contribution >= 4 is 5.91 Å². The van der Waals surface area contributed by atoms with Gasteiger partial charge in [-0.15, -0.1) is 0 Å². The van der Waals surface area contributed by atoms with Gasteiger partial charge >= 0.3 is 0 Å². The minimum Gasteiger partial charge on any atom is -0.385 e. The molecule has 1 fully saturated rings. The van der Waals surface area contributed by atoms with E-state index in [2.05, 4.69) is 4.98 Å². The monoisotopic (exact) mass is 331 g/mol. The molecule has 0 saturated carbocycles. The maximum absolute atomic E-state index is 13.7. The Labute approximate surface area is 140 Å². The predicted octanol–water partition coefficient (Wildman–Crippen LogP) is 2.07. The van der Waals surface area contributed by atoms with E-state index in [1.54, 1.807) is 40.1 Å². The predicted molar refractivity (Wildman–Crippen MR) is 87.6 cm³/mol. The van der Waals surface area contributed by atoms with E-state index in [9.17, 15) is 14.3 Å². The number of imidazole rings is 1. The van der Waals surface area contributed by atoms with Crippen LogP contribution in [0.4, 0.5) is 4.39 Å². The highest BCUT2D eigenvalue weighted by Crippen LogP contribution is 2.29. The first-order valence-corrected chi connectivity index (χ1v) is 8.22. The molecule has 0 spiro atoms. The lowest BCUT2D eigenvalue weighted by Gasteiger charge is -2.35. The SMILES string of the molecule is Cn1ccnc1C(O)C1CCCN(C(=O)Cc2ccccc2F)C1. The number of nitrogens with zero attached hydrogens (tertiary/aromatic N) is 3. The summed E-state index contributed by atoms with van der Waals surface area (Å²) in [5.41, 5.74) is 0.411. The Bertz CT molecular complexity index is 716. The number of halogens is 1. The molecule has 2 heterocycles. The lowest BCUT2D eigenvalue weighted by molar-refractivity contribution is -0.133. The number of rotatable bonds is 4. The van der Waals surface area contributed by atoms with Crippen LogP contribution in [-0.2, 0) is 18.3 Å². The number of carbonyl (C=O) groups is 1. The van der Waals surface area contributed by atoms with Gasteiger partial charge in [0.2, 0.25) is 5.91 Å². The van der Waals surface area contributed by atoms with E-state index in [0.717, 1.165) is 12.8 Å². The van der Waals surface area contributed by atoms with Crippen molar-refractivity contribution in [3.63, 3.8) is 0 Å². The second-order valence-electron chi connectivity index (χ2n) is 6.35. The second-order valence-corrected chi connectivity index (χ2v) is 6.35. The van der Waals surface area contributed by atoms with E-state index < -0.39 is 6.10 Å². The van der Waals surface area contributed by atoms with Crippen LogP contribution in [0.2, 0.25) is 0 Å². The standard InChI is InChI=1S/C18H22FN3O2/c1-21-10-8-20-18(21)17(24)14-6-4-9-22(12-14)16(23)11-13-5-2-3-7-15(13)19/h2-3,5,7-8,10,14,17,24H,4,6,9,11-12H2,1H3. The molecule has 1 saturated heterocycles. The van der Waals surface area contributed by atoms with E-state index in [1.807, 2.05) is 7.05 Å². The topological polar surface area (TPSA) is 58.4 Å². The lowest BCUT2D eigenvalue weighted by atomic mass is 9.91. The molecule has 1 amide bonds. The van der Waals surface area contributed by atoms with E-state index in [1.165, 1.54) is 6.07 Å². The van der Waals surface area contributed by atoms with Gasteiger partial charge in [-0.25, -0.2) is 9.37 Å². The number of likely N-dealkylation sites (tertiary alicyclic amines) is 1. The summed E-state index contributed by atoms with van der Waals surface area (Å²) in [5, 5.41) is 10.6. The number of benzene rings is 1. The van der Waals surface area contributed by atoms with Gasteiger partial charge in [0.1, 0.15) is 17.7 Å². The summed E-state index contributed by atoms with van der Waals surface area (Å²) in [5.74, 6) is 0.108. The summed E-state index contributed by atoms with van der Waals surface area (Å²) in [4.78, 5) is 18.4. The first kappa shape index (κ1) is 16.6. The normalized spacial score (nSPS) is 19.3. The van der Waals surface area contributed by atoms with Crippen LogP contribution in [-0.4, -0.2) is 38.6 Å². The molecule has 0 aliphatic carbocycles. The fourth-order valence-electron chi connectivity index (χ4n) is 3.28. The summed E-state index contributed by atoms with van der Waals surface area (Å²) in [6, 6.07) is 6.35. The Hall–Kier alpha value is -2.21. The zero-order valence-electron chi connectivity index (χ0n) is 13.7. The van der Waals surface area contributed by atoms with Gasteiger partial charge in [-0.1, -0.05) is 18.2 Å². The molecular formula is C18H22FN3O2. The van der Waals surface area contributed by atoms with Crippen LogP contribution in [0.1, 0.15) is 30.3 Å². The zero-order valence-corrected chi connectivity index (χ0v) is 13.7. The van der Waals surface area contributed by atoms with E-state index in [4.69, 9.17) is 0 Å². The molecule has 5 nitrogen and oxygen atoms in total. The quantitative estimate of drug-likeness (QED) is 0.933. The highest BCUT2D eigenvalue weighted by atomic mass is 19.1. The molecule has 3 rings (SSSR count). The van der Waals surface area contributed by atoms with Crippen molar-refractivity contribution in [1.82, 2.24) is 14.5 Å². The van der Waals surface area contributed by atoms with Gasteiger partial charge in [-0.05, 0) is 24.5 Å². The largest absolute Gasteiger partial charge is 0.385 e. The van der Waals surface area contributed by atoms with Crippen LogP contribution in [0.25, 0.3) is 0 Å². The van der Waals surface area contributed by atoms with Gasteiger partial charge in [0.05, 0.1) is 6.42 Å². The fraction of sp³-hybridized carbons (Fsp3) is 0.444. The number of hydrogen-bond acceptors (Lipinski definition) is 3. The van der Waals surface area contributed by atoms with Crippen LogP contribution in [0.15, 0.2) is 36.7 Å². The highest BCUT2D eigenvalue weighted by Gasteiger charge is 2.31. The van der Waals surface area contributed by atoms with Crippen LogP contribution in [0.5, 0.6) is 0 Å². The molecule has 2 unspecified atom stereocenters. The molecular weight excluding hydrogens is 309 g/mol. The van der Waals surface area contributed by atoms with Crippen LogP contribution in [0.3, 0.4) is 0 Å². The Morgan fingerprint density at radius 3 is 2.96 bits per heavy atom. The molecule has 1 aliphatic rings. The minimum absolute atomic E-state index is 0.0515. The highest BCUT2D eigenvalue weighted by molar-refractivity contribution is 5.79. The molecule has 1 N–H and O–H groups in total. The molecule has 0 radical (unpaired) electrons. The third-order valence-corrected chi connectivity index (χ3v) is 4.68. The molecule has 2 aromatic rings. The Balaban J connectivity index is 1.66. The summed E-state index contributed by atoms with van der Waals surface area (Å²) in [6.07, 6.45) is 4.48. The van der Waals surface area contributed by atoms with Crippen LogP contribution >= 0.6 is 0 Å². The Morgan fingerprint density at radius 2 is 2.25 bits per heavy atom. The molecule has 0 bridgehead atoms. The Kier molecular flexibility index (Phi) is 4.94. The van der Waals surface area contributed by atoms with Crippen molar-refractivity contribution in [2.75, 3.05) is 13.1 Å². The van der Waals surface area contributed by atoms with E-state index in [0.29, 0.717) is 24.5 Å². The smallest absolute Gasteiger partial charge is 0.227 e. The summed E-state index contributed by atoms with van der Waals surface area (Å²) in [7, 11) is 1.84. The van der Waals surface area contributed by atoms with E-state index >= 15 is 0 Å². The van der Waals surface area contributed by atoms with Crippen molar-refractivity contribution in [3.05, 3.63) is 53.9 Å². The number of amides is 1. The number of aliphatic hydroxyl groups is 1. The first-order chi connectivity index (χ1) is 11.6. The molecule has 6 heteroatoms. The summed E-state index contributed by atoms with van der Waals surface area (Å²) >= 11 is 0. The number of aromatic nitrogens is 2. The molecule has 24 heavy (non-hydrogen) atoms. The third kappa shape index (κ3) is 3.48. The van der Waals surface area contributed by atoms with Gasteiger partial charge in [-0.2, -0.15) is 0 Å². The molecule has 2 atom stereocenters. The average molecular weight is 331 g/mol. The zero-order chi connectivity index (χ0) is 17.1. The molecule has 1 aromatic carbocycles. The number of aliphatic hydroxyl groups excluding tert-OH is 1. The van der Waals surface area contributed by atoms with Crippen LogP contribution < -0.4 is 0 Å². The van der Waals surface area contributed by atoms with Crippen molar-refractivity contribution in [3.8, 4) is 0 Å². The van der Waals surface area contributed by atoms with Crippen molar-refractivity contribution < 1.29 is 14.3 Å². The van der Waals surface area contributed by atoms with E-state index in [-0.39, 0.29) is 24.1 Å². The fourth-order valence-corrected chi connectivity index (χ4v) is 3.28. The number of aryl methyl sites for hydroxylation is 1. The van der Waals surface area contributed by atoms with Crippen molar-refractivity contribution in [2.24, 2.45) is 13.0 Å². The third-order valence-electron chi connectivity index (χ3n) is 4.68.